The molecule has 0 bridgehead atoms. The lowest BCUT2D eigenvalue weighted by molar-refractivity contribution is -0.208. The molecule has 6 rings (SSSR count). The van der Waals surface area contributed by atoms with Gasteiger partial charge < -0.3 is 29.8 Å². The lowest BCUT2D eigenvalue weighted by Crippen LogP contribution is -2.59. The molecule has 2 heterocycles. The number of carbonyl (C=O) groups excluding carboxylic acids is 1. The molecule has 50 heavy (non-hydrogen) atoms. The lowest BCUT2D eigenvalue weighted by Gasteiger charge is -2.39. The Hall–Kier alpha value is -5.23. The number of rotatable bonds is 18. The van der Waals surface area contributed by atoms with Crippen LogP contribution in [-0.4, -0.2) is 56.5 Å². The molecule has 0 saturated carbocycles. The van der Waals surface area contributed by atoms with E-state index in [0.29, 0.717) is 5.52 Å². The van der Waals surface area contributed by atoms with Crippen molar-refractivity contribution in [3.05, 3.63) is 168 Å². The van der Waals surface area contributed by atoms with Crippen LogP contribution in [0, 0.1) is 0 Å². The molecular weight excluding hydrogens is 632 g/mol. The number of nitrogens with zero attached hydrogens (tertiary/aromatic N) is 3. The summed E-state index contributed by atoms with van der Waals surface area (Å²) in [4.78, 5) is 18.8. The number of anilines is 1. The Morgan fingerprint density at radius 2 is 1.12 bits per heavy atom. The number of Topliss-reactive ketones (excluding diaryl/α,β-unsaturated/α-hetero) is 1. The molecular formula is C40H40N4O6. The van der Waals surface area contributed by atoms with Gasteiger partial charge in [-0.1, -0.05) is 121 Å². The summed E-state index contributed by atoms with van der Waals surface area (Å²) in [5, 5.41) is 17.0. The van der Waals surface area contributed by atoms with Crippen LogP contribution in [0.4, 0.5) is 5.82 Å². The van der Waals surface area contributed by atoms with Gasteiger partial charge >= 0.3 is 0 Å². The zero-order valence-corrected chi connectivity index (χ0v) is 27.6. The highest BCUT2D eigenvalue weighted by atomic mass is 16.6. The summed E-state index contributed by atoms with van der Waals surface area (Å²) in [5.41, 5.74) is 8.44. The molecule has 0 aliphatic carbocycles. The largest absolute Gasteiger partial charge is 0.382 e. The molecule has 0 aliphatic rings. The third-order valence-electron chi connectivity index (χ3n) is 8.27. The molecule has 0 aliphatic heterocycles. The van der Waals surface area contributed by atoms with E-state index in [9.17, 15) is 9.90 Å². The number of aromatic nitrogens is 3. The number of ketones is 1. The van der Waals surface area contributed by atoms with Crippen LogP contribution in [-0.2, 0) is 45.4 Å². The molecule has 0 saturated heterocycles. The zero-order chi connectivity index (χ0) is 34.6. The summed E-state index contributed by atoms with van der Waals surface area (Å²) in [6.45, 7) is 0.131. The van der Waals surface area contributed by atoms with Gasteiger partial charge in [-0.15, -0.1) is 0 Å². The molecule has 10 heteroatoms. The van der Waals surface area contributed by atoms with E-state index in [1.165, 1.54) is 10.8 Å². The van der Waals surface area contributed by atoms with Crippen LogP contribution in [0.5, 0.6) is 0 Å². The van der Waals surface area contributed by atoms with Gasteiger partial charge in [-0.3, -0.25) is 4.79 Å². The minimum atomic E-state index is -1.86. The standard InChI is InChI=1S/C40H40N4O6/c41-39-35-22-21-34(44(35)43-29-42-39)36(45)37(49-25-32-17-9-3-10-18-32)38(50-26-33-19-11-4-12-20-33)40(46,27-47-23-30-13-5-1-6-14-30)28-48-24-31-15-7-2-8-16-31/h1-22,29,37-38,46H,23-28H2,(H2,41,42,43)/t37-,38-/m0/s1. The van der Waals surface area contributed by atoms with Crippen molar-refractivity contribution in [3.63, 3.8) is 0 Å². The number of carbonyl (C=O) groups is 1. The highest BCUT2D eigenvalue weighted by molar-refractivity contribution is 6.00. The Morgan fingerprint density at radius 3 is 1.62 bits per heavy atom. The molecule has 0 spiro atoms. The topological polar surface area (TPSA) is 130 Å². The quantitative estimate of drug-likeness (QED) is 0.108. The van der Waals surface area contributed by atoms with Crippen molar-refractivity contribution in [3.8, 4) is 0 Å². The van der Waals surface area contributed by atoms with Gasteiger partial charge in [0.25, 0.3) is 0 Å². The van der Waals surface area contributed by atoms with Gasteiger partial charge in [0.15, 0.2) is 11.9 Å². The van der Waals surface area contributed by atoms with Crippen molar-refractivity contribution in [2.75, 3.05) is 18.9 Å². The van der Waals surface area contributed by atoms with Crippen LogP contribution < -0.4 is 5.73 Å². The summed E-state index contributed by atoms with van der Waals surface area (Å²) in [5.74, 6) is -0.251. The molecule has 0 amide bonds. The summed E-state index contributed by atoms with van der Waals surface area (Å²) in [7, 11) is 0. The average molecular weight is 673 g/mol. The van der Waals surface area contributed by atoms with E-state index in [0.717, 1.165) is 22.3 Å². The number of hydrogen-bond donors (Lipinski definition) is 2. The number of benzene rings is 4. The van der Waals surface area contributed by atoms with Gasteiger partial charge in [0, 0.05) is 0 Å². The molecule has 10 nitrogen and oxygen atoms in total. The lowest BCUT2D eigenvalue weighted by atomic mass is 9.90. The monoisotopic (exact) mass is 672 g/mol. The smallest absolute Gasteiger partial charge is 0.212 e. The van der Waals surface area contributed by atoms with E-state index in [2.05, 4.69) is 10.1 Å². The second-order valence-corrected chi connectivity index (χ2v) is 12.0. The Balaban J connectivity index is 1.38. The van der Waals surface area contributed by atoms with Crippen LogP contribution in [0.15, 0.2) is 140 Å². The first-order chi connectivity index (χ1) is 24.5. The zero-order valence-electron chi connectivity index (χ0n) is 27.6. The molecule has 256 valence electrons. The minimum absolute atomic E-state index is 0.0642. The number of hydrogen-bond acceptors (Lipinski definition) is 9. The number of ether oxygens (including phenoxy) is 4. The maximum absolute atomic E-state index is 14.7. The highest BCUT2D eigenvalue weighted by Crippen LogP contribution is 2.28. The summed E-state index contributed by atoms with van der Waals surface area (Å²) in [6, 6.07) is 41.6. The fraction of sp³-hybridized carbons (Fsp3) is 0.225. The molecule has 0 fully saturated rings. The van der Waals surface area contributed by atoms with Gasteiger partial charge in [0.05, 0.1) is 39.6 Å². The fourth-order valence-corrected chi connectivity index (χ4v) is 5.68. The molecule has 2 aromatic heterocycles. The first kappa shape index (κ1) is 34.6. The summed E-state index contributed by atoms with van der Waals surface area (Å²) in [6.07, 6.45) is -1.32. The van der Waals surface area contributed by atoms with Crippen LogP contribution >= 0.6 is 0 Å². The van der Waals surface area contributed by atoms with E-state index in [1.54, 1.807) is 12.1 Å². The van der Waals surface area contributed by atoms with Crippen molar-refractivity contribution in [1.82, 2.24) is 14.6 Å². The Kier molecular flexibility index (Phi) is 11.7. The molecule has 4 aromatic carbocycles. The molecule has 6 aromatic rings. The van der Waals surface area contributed by atoms with Crippen molar-refractivity contribution >= 4 is 17.1 Å². The van der Waals surface area contributed by atoms with Crippen molar-refractivity contribution in [2.45, 2.75) is 44.2 Å². The van der Waals surface area contributed by atoms with Crippen LogP contribution in [0.25, 0.3) is 5.52 Å². The number of nitrogen functional groups attached to an aromatic ring is 1. The second kappa shape index (κ2) is 16.9. The summed E-state index contributed by atoms with van der Waals surface area (Å²) < 4.78 is 26.8. The number of aliphatic hydroxyl groups is 1. The van der Waals surface area contributed by atoms with Gasteiger partial charge in [0.2, 0.25) is 5.78 Å². The highest BCUT2D eigenvalue weighted by Gasteiger charge is 2.48. The third kappa shape index (κ3) is 8.86. The number of nitrogens with two attached hydrogens (primary N) is 1. The molecule has 0 unspecified atom stereocenters. The average Bonchev–Trinajstić information content (AvgIpc) is 3.60. The first-order valence-electron chi connectivity index (χ1n) is 16.4. The van der Waals surface area contributed by atoms with Gasteiger partial charge in [-0.2, -0.15) is 5.10 Å². The van der Waals surface area contributed by atoms with Gasteiger partial charge in [-0.25, -0.2) is 9.50 Å². The van der Waals surface area contributed by atoms with E-state index < -0.39 is 23.6 Å². The number of fused-ring (bicyclic) bond motifs is 1. The fourth-order valence-electron chi connectivity index (χ4n) is 5.68. The predicted octanol–water partition coefficient (Wildman–Crippen LogP) is 5.83. The Morgan fingerprint density at radius 1 is 0.660 bits per heavy atom. The van der Waals surface area contributed by atoms with E-state index in [-0.39, 0.29) is 51.2 Å². The van der Waals surface area contributed by atoms with E-state index in [1.807, 2.05) is 121 Å². The SMILES string of the molecule is Nc1ncnn2c(C(=O)[C@H](OCc3ccccc3)[C@H](OCc3ccccc3)C(O)(COCc3ccccc3)COCc3ccccc3)ccc12. The summed E-state index contributed by atoms with van der Waals surface area (Å²) >= 11 is 0. The van der Waals surface area contributed by atoms with E-state index >= 15 is 0 Å². The maximum Gasteiger partial charge on any atom is 0.212 e. The molecule has 0 radical (unpaired) electrons. The van der Waals surface area contributed by atoms with Crippen LogP contribution in [0.3, 0.4) is 0 Å². The normalized spacial score (nSPS) is 12.9. The minimum Gasteiger partial charge on any atom is -0.382 e. The second-order valence-electron chi connectivity index (χ2n) is 12.0. The molecule has 3 N–H and O–H groups in total. The predicted molar refractivity (Wildman–Crippen MR) is 189 cm³/mol. The van der Waals surface area contributed by atoms with Crippen molar-refractivity contribution < 1.29 is 28.8 Å². The maximum atomic E-state index is 14.7. The van der Waals surface area contributed by atoms with Crippen molar-refractivity contribution in [2.24, 2.45) is 0 Å². The Labute approximate surface area is 291 Å². The van der Waals surface area contributed by atoms with Crippen LogP contribution in [0.2, 0.25) is 0 Å². The van der Waals surface area contributed by atoms with Crippen molar-refractivity contribution in [1.29, 1.82) is 0 Å². The van der Waals surface area contributed by atoms with Gasteiger partial charge in [0.1, 0.15) is 29.2 Å². The third-order valence-corrected chi connectivity index (χ3v) is 8.27. The van der Waals surface area contributed by atoms with Crippen LogP contribution in [0.1, 0.15) is 32.7 Å². The Bertz CT molecular complexity index is 1880. The molecule has 2 atom stereocenters. The first-order valence-corrected chi connectivity index (χ1v) is 16.4. The van der Waals surface area contributed by atoms with Gasteiger partial charge in [-0.05, 0) is 34.4 Å². The van der Waals surface area contributed by atoms with E-state index in [4.69, 9.17) is 24.7 Å².